The molecule has 2 N–H and O–H groups in total. The van der Waals surface area contributed by atoms with Crippen LogP contribution in [0.25, 0.3) is 10.9 Å². The quantitative estimate of drug-likeness (QED) is 0.768. The van der Waals surface area contributed by atoms with Crippen molar-refractivity contribution in [1.29, 1.82) is 0 Å². The highest BCUT2D eigenvalue weighted by atomic mass is 19.1. The van der Waals surface area contributed by atoms with Crippen molar-refractivity contribution in [2.75, 3.05) is 5.32 Å². The fourth-order valence-corrected chi connectivity index (χ4v) is 2.44. The monoisotopic (exact) mass is 337 g/mol. The average molecular weight is 337 g/mol. The van der Waals surface area contributed by atoms with Crippen molar-refractivity contribution in [1.82, 2.24) is 10.3 Å². The van der Waals surface area contributed by atoms with Gasteiger partial charge in [0.15, 0.2) is 0 Å². The van der Waals surface area contributed by atoms with Crippen LogP contribution in [0.2, 0.25) is 0 Å². The van der Waals surface area contributed by atoms with Crippen molar-refractivity contribution in [3.05, 3.63) is 72.2 Å². The van der Waals surface area contributed by atoms with Gasteiger partial charge >= 0.3 is 0 Å². The van der Waals surface area contributed by atoms with Gasteiger partial charge in [-0.3, -0.25) is 14.6 Å². The highest BCUT2D eigenvalue weighted by molar-refractivity contribution is 6.05. The Kier molecular flexibility index (Phi) is 4.70. The fraction of sp³-hybridized carbons (Fsp3) is 0.105. The molecule has 2 amide bonds. The predicted molar refractivity (Wildman–Crippen MR) is 93.7 cm³/mol. The Labute approximate surface area is 143 Å². The van der Waals surface area contributed by atoms with Gasteiger partial charge in [-0.15, -0.1) is 0 Å². The third-order valence-electron chi connectivity index (χ3n) is 3.76. The van der Waals surface area contributed by atoms with Crippen molar-refractivity contribution in [2.45, 2.75) is 13.0 Å². The first-order valence-corrected chi connectivity index (χ1v) is 7.76. The van der Waals surface area contributed by atoms with Gasteiger partial charge < -0.3 is 10.6 Å². The SMILES string of the molecule is CC(NC(=O)c1ccccc1F)C(=O)Nc1cccc2ncccc12. The summed E-state index contributed by atoms with van der Waals surface area (Å²) in [5.74, 6) is -1.67. The first kappa shape index (κ1) is 16.6. The van der Waals surface area contributed by atoms with Crippen LogP contribution in [-0.2, 0) is 4.79 Å². The number of hydrogen-bond donors (Lipinski definition) is 2. The molecule has 0 aliphatic heterocycles. The van der Waals surface area contributed by atoms with Crippen molar-refractivity contribution in [3.8, 4) is 0 Å². The molecule has 5 nitrogen and oxygen atoms in total. The number of hydrogen-bond acceptors (Lipinski definition) is 3. The lowest BCUT2D eigenvalue weighted by atomic mass is 10.1. The lowest BCUT2D eigenvalue weighted by Gasteiger charge is -2.15. The first-order valence-electron chi connectivity index (χ1n) is 7.76. The summed E-state index contributed by atoms with van der Waals surface area (Å²) < 4.78 is 13.6. The average Bonchev–Trinajstić information content (AvgIpc) is 2.62. The van der Waals surface area contributed by atoms with Crippen LogP contribution in [0.4, 0.5) is 10.1 Å². The fourth-order valence-electron chi connectivity index (χ4n) is 2.44. The second kappa shape index (κ2) is 7.09. The Morgan fingerprint density at radius 2 is 1.84 bits per heavy atom. The Balaban J connectivity index is 1.72. The zero-order chi connectivity index (χ0) is 17.8. The van der Waals surface area contributed by atoms with Gasteiger partial charge in [0.05, 0.1) is 16.8 Å². The van der Waals surface area contributed by atoms with E-state index in [0.29, 0.717) is 5.69 Å². The van der Waals surface area contributed by atoms with Gasteiger partial charge in [0.1, 0.15) is 11.9 Å². The number of fused-ring (bicyclic) bond motifs is 1. The Hall–Kier alpha value is -3.28. The molecule has 0 aliphatic rings. The van der Waals surface area contributed by atoms with E-state index >= 15 is 0 Å². The number of halogens is 1. The number of nitrogens with zero attached hydrogens (tertiary/aromatic N) is 1. The molecule has 0 saturated heterocycles. The van der Waals surface area contributed by atoms with E-state index in [2.05, 4.69) is 15.6 Å². The van der Waals surface area contributed by atoms with Crippen LogP contribution in [0.15, 0.2) is 60.8 Å². The van der Waals surface area contributed by atoms with Crippen molar-refractivity contribution >= 4 is 28.4 Å². The number of pyridine rings is 1. The molecular weight excluding hydrogens is 321 g/mol. The summed E-state index contributed by atoms with van der Waals surface area (Å²) in [7, 11) is 0. The number of aromatic nitrogens is 1. The number of anilines is 1. The molecule has 0 spiro atoms. The Bertz CT molecular complexity index is 937. The number of nitrogens with one attached hydrogen (secondary N) is 2. The van der Waals surface area contributed by atoms with Gasteiger partial charge in [0, 0.05) is 11.6 Å². The largest absolute Gasteiger partial charge is 0.340 e. The Morgan fingerprint density at radius 1 is 1.04 bits per heavy atom. The molecule has 25 heavy (non-hydrogen) atoms. The van der Waals surface area contributed by atoms with Crippen molar-refractivity contribution in [3.63, 3.8) is 0 Å². The lowest BCUT2D eigenvalue weighted by molar-refractivity contribution is -0.117. The van der Waals surface area contributed by atoms with Crippen LogP contribution >= 0.6 is 0 Å². The number of amides is 2. The molecule has 1 unspecified atom stereocenters. The summed E-state index contributed by atoms with van der Waals surface area (Å²) in [6, 6.07) is 13.8. The van der Waals surface area contributed by atoms with Crippen LogP contribution in [-0.4, -0.2) is 22.8 Å². The second-order valence-electron chi connectivity index (χ2n) is 5.54. The van der Waals surface area contributed by atoms with Gasteiger partial charge in [-0.05, 0) is 43.3 Å². The Morgan fingerprint density at radius 3 is 2.64 bits per heavy atom. The van der Waals surface area contributed by atoms with E-state index in [0.717, 1.165) is 10.9 Å². The minimum Gasteiger partial charge on any atom is -0.340 e. The van der Waals surface area contributed by atoms with Crippen LogP contribution in [0.3, 0.4) is 0 Å². The standard InChI is InChI=1S/C19H16FN3O2/c1-12(22-19(25)13-6-2-3-8-15(13)20)18(24)23-17-10-4-9-16-14(17)7-5-11-21-16/h2-12H,1H3,(H,22,25)(H,23,24). The molecule has 0 bridgehead atoms. The van der Waals surface area contributed by atoms with Gasteiger partial charge in [-0.2, -0.15) is 0 Å². The minimum absolute atomic E-state index is 0.100. The third-order valence-corrected chi connectivity index (χ3v) is 3.76. The molecule has 1 heterocycles. The highest BCUT2D eigenvalue weighted by Gasteiger charge is 2.19. The summed E-state index contributed by atoms with van der Waals surface area (Å²) in [5, 5.41) is 6.06. The van der Waals surface area contributed by atoms with Gasteiger partial charge in [-0.25, -0.2) is 4.39 Å². The maximum Gasteiger partial charge on any atom is 0.254 e. The van der Waals surface area contributed by atoms with E-state index in [1.807, 2.05) is 12.1 Å². The van der Waals surface area contributed by atoms with Crippen LogP contribution in [0, 0.1) is 5.82 Å². The summed E-state index contributed by atoms with van der Waals surface area (Å²) in [6.45, 7) is 1.54. The summed E-state index contributed by atoms with van der Waals surface area (Å²) >= 11 is 0. The topological polar surface area (TPSA) is 71.1 Å². The van der Waals surface area contributed by atoms with E-state index < -0.39 is 23.7 Å². The van der Waals surface area contributed by atoms with Crippen molar-refractivity contribution < 1.29 is 14.0 Å². The molecule has 2 aromatic carbocycles. The van der Waals surface area contributed by atoms with E-state index in [-0.39, 0.29) is 5.56 Å². The molecule has 0 fully saturated rings. The normalized spacial score (nSPS) is 11.8. The molecule has 0 aliphatic carbocycles. The third kappa shape index (κ3) is 3.63. The number of benzene rings is 2. The smallest absolute Gasteiger partial charge is 0.254 e. The maximum atomic E-state index is 13.6. The van der Waals surface area contributed by atoms with Gasteiger partial charge in [0.25, 0.3) is 5.91 Å². The zero-order valence-electron chi connectivity index (χ0n) is 13.5. The van der Waals surface area contributed by atoms with Crippen LogP contribution < -0.4 is 10.6 Å². The first-order chi connectivity index (χ1) is 12.1. The zero-order valence-corrected chi connectivity index (χ0v) is 13.5. The van der Waals surface area contributed by atoms with Crippen LogP contribution in [0.5, 0.6) is 0 Å². The maximum absolute atomic E-state index is 13.6. The van der Waals surface area contributed by atoms with E-state index in [4.69, 9.17) is 0 Å². The molecule has 3 aromatic rings. The van der Waals surface area contributed by atoms with Gasteiger partial charge in [-0.1, -0.05) is 18.2 Å². The van der Waals surface area contributed by atoms with Gasteiger partial charge in [0.2, 0.25) is 5.91 Å². The predicted octanol–water partition coefficient (Wildman–Crippen LogP) is 3.13. The second-order valence-corrected chi connectivity index (χ2v) is 5.54. The summed E-state index contributed by atoms with van der Waals surface area (Å²) in [6.07, 6.45) is 1.67. The van der Waals surface area contributed by atoms with Crippen LogP contribution in [0.1, 0.15) is 17.3 Å². The number of carbonyl (C=O) groups is 2. The van der Waals surface area contributed by atoms with E-state index in [9.17, 15) is 14.0 Å². The summed E-state index contributed by atoms with van der Waals surface area (Å²) in [4.78, 5) is 28.7. The minimum atomic E-state index is -0.834. The molecular formula is C19H16FN3O2. The molecule has 1 aromatic heterocycles. The molecule has 6 heteroatoms. The molecule has 1 atom stereocenters. The van der Waals surface area contributed by atoms with E-state index in [1.54, 1.807) is 30.5 Å². The van der Waals surface area contributed by atoms with E-state index in [1.165, 1.54) is 25.1 Å². The lowest BCUT2D eigenvalue weighted by Crippen LogP contribution is -2.41. The van der Waals surface area contributed by atoms with Crippen molar-refractivity contribution in [2.24, 2.45) is 0 Å². The highest BCUT2D eigenvalue weighted by Crippen LogP contribution is 2.21. The molecule has 0 radical (unpaired) electrons. The molecule has 126 valence electrons. The number of rotatable bonds is 4. The summed E-state index contributed by atoms with van der Waals surface area (Å²) in [5.41, 5.74) is 1.25. The number of carbonyl (C=O) groups excluding carboxylic acids is 2. The molecule has 0 saturated carbocycles. The molecule has 3 rings (SSSR count).